The number of rotatable bonds is 7. The van der Waals surface area contributed by atoms with Crippen molar-refractivity contribution in [2.75, 3.05) is 40.4 Å². The molecule has 1 aromatic rings. The molecule has 0 amide bonds. The van der Waals surface area contributed by atoms with Crippen LogP contribution in [0.15, 0.2) is 23.2 Å². The Labute approximate surface area is 180 Å². The lowest BCUT2D eigenvalue weighted by Crippen LogP contribution is -2.45. The fraction of sp³-hybridized carbons (Fsp3) is 0.611. The van der Waals surface area contributed by atoms with Crippen LogP contribution in [0.2, 0.25) is 0 Å². The van der Waals surface area contributed by atoms with E-state index in [2.05, 4.69) is 15.6 Å². The number of benzene rings is 1. The Balaban J connectivity index is 0.00000392. The third kappa shape index (κ3) is 7.90. The first kappa shape index (κ1) is 24.6. The second kappa shape index (κ2) is 11.5. The maximum absolute atomic E-state index is 12.5. The normalized spacial score (nSPS) is 17.8. The summed E-state index contributed by atoms with van der Waals surface area (Å²) in [5.41, 5.74) is 0.889. The maximum atomic E-state index is 12.5. The van der Waals surface area contributed by atoms with Gasteiger partial charge in [0.05, 0.1) is 27.3 Å². The topological polar surface area (TPSA) is 58.1 Å². The highest BCUT2D eigenvalue weighted by Crippen LogP contribution is 2.25. The van der Waals surface area contributed by atoms with Gasteiger partial charge in [-0.25, -0.2) is 4.99 Å². The average molecular weight is 516 g/mol. The van der Waals surface area contributed by atoms with E-state index in [0.29, 0.717) is 50.1 Å². The zero-order valence-electron chi connectivity index (χ0n) is 16.3. The molecule has 1 unspecified atom stereocenters. The predicted octanol–water partition coefficient (Wildman–Crippen LogP) is 3.01. The second-order valence-electron chi connectivity index (χ2n) is 6.35. The summed E-state index contributed by atoms with van der Waals surface area (Å²) < 4.78 is 48.2. The lowest BCUT2D eigenvalue weighted by Gasteiger charge is -2.20. The van der Waals surface area contributed by atoms with Gasteiger partial charge in [0, 0.05) is 37.3 Å². The zero-order valence-corrected chi connectivity index (χ0v) is 18.6. The van der Waals surface area contributed by atoms with Crippen LogP contribution >= 0.6 is 24.0 Å². The van der Waals surface area contributed by atoms with Gasteiger partial charge in [0.25, 0.3) is 0 Å². The second-order valence-corrected chi connectivity index (χ2v) is 6.35. The van der Waals surface area contributed by atoms with E-state index in [0.717, 1.165) is 5.56 Å². The Morgan fingerprint density at radius 2 is 2.04 bits per heavy atom. The smallest absolute Gasteiger partial charge is 0.401 e. The molecule has 2 N–H and O–H groups in total. The number of nitrogens with zero attached hydrogens (tertiary/aromatic N) is 2. The van der Waals surface area contributed by atoms with Crippen molar-refractivity contribution in [3.05, 3.63) is 23.8 Å². The van der Waals surface area contributed by atoms with Crippen molar-refractivity contribution < 1.29 is 22.6 Å². The van der Waals surface area contributed by atoms with Crippen molar-refractivity contribution >= 4 is 29.9 Å². The van der Waals surface area contributed by atoms with E-state index in [1.54, 1.807) is 20.3 Å². The van der Waals surface area contributed by atoms with E-state index in [4.69, 9.17) is 9.47 Å². The molecule has 1 atom stereocenters. The number of nitrogens with one attached hydrogen (secondary N) is 2. The Morgan fingerprint density at radius 3 is 2.64 bits per heavy atom. The monoisotopic (exact) mass is 516 g/mol. The number of methoxy groups -OCH3 is 2. The minimum Gasteiger partial charge on any atom is -0.497 e. The molecule has 0 aromatic heterocycles. The van der Waals surface area contributed by atoms with Crippen molar-refractivity contribution in [2.45, 2.75) is 32.1 Å². The van der Waals surface area contributed by atoms with Gasteiger partial charge in [-0.1, -0.05) is 0 Å². The standard InChI is InChI=1S/C18H27F3N4O2.HI/c1-4-22-17(24-14-7-8-25(11-14)12-18(19,20)21)23-10-13-5-6-15(26-2)9-16(13)27-3;/h5-6,9,14H,4,7-8,10-12H2,1-3H3,(H2,22,23,24);1H. The molecule has 0 aliphatic carbocycles. The van der Waals surface area contributed by atoms with Crippen molar-refractivity contribution in [2.24, 2.45) is 4.99 Å². The summed E-state index contributed by atoms with van der Waals surface area (Å²) in [4.78, 5) is 5.95. The molecule has 160 valence electrons. The van der Waals surface area contributed by atoms with Crippen LogP contribution in [-0.4, -0.2) is 63.5 Å². The van der Waals surface area contributed by atoms with E-state index in [1.807, 2.05) is 19.1 Å². The summed E-state index contributed by atoms with van der Waals surface area (Å²) in [7, 11) is 3.17. The summed E-state index contributed by atoms with van der Waals surface area (Å²) in [5, 5.41) is 6.36. The first-order chi connectivity index (χ1) is 12.8. The molecule has 1 saturated heterocycles. The van der Waals surface area contributed by atoms with Crippen LogP contribution in [0.25, 0.3) is 0 Å². The number of hydrogen-bond acceptors (Lipinski definition) is 4. The highest BCUT2D eigenvalue weighted by atomic mass is 127. The summed E-state index contributed by atoms with van der Waals surface area (Å²) >= 11 is 0. The number of alkyl halides is 3. The summed E-state index contributed by atoms with van der Waals surface area (Å²) in [6, 6.07) is 5.44. The molecule has 28 heavy (non-hydrogen) atoms. The van der Waals surface area contributed by atoms with Crippen LogP contribution in [-0.2, 0) is 6.54 Å². The molecule has 0 bridgehead atoms. The van der Waals surface area contributed by atoms with Gasteiger partial charge in [0.1, 0.15) is 11.5 Å². The van der Waals surface area contributed by atoms with Gasteiger partial charge in [-0.15, -0.1) is 24.0 Å². The van der Waals surface area contributed by atoms with E-state index < -0.39 is 12.7 Å². The molecule has 1 heterocycles. The SMILES string of the molecule is CCNC(=NCc1ccc(OC)cc1OC)NC1CCN(CC(F)(F)F)C1.I. The van der Waals surface area contributed by atoms with E-state index in [9.17, 15) is 13.2 Å². The van der Waals surface area contributed by atoms with Gasteiger partial charge >= 0.3 is 6.18 Å². The van der Waals surface area contributed by atoms with E-state index in [1.165, 1.54) is 4.90 Å². The van der Waals surface area contributed by atoms with Crippen LogP contribution in [0.4, 0.5) is 13.2 Å². The number of likely N-dealkylation sites (tertiary alicyclic amines) is 1. The van der Waals surface area contributed by atoms with Gasteiger partial charge in [-0.2, -0.15) is 13.2 Å². The Hall–Kier alpha value is -1.43. The third-order valence-corrected chi connectivity index (χ3v) is 4.26. The van der Waals surface area contributed by atoms with E-state index in [-0.39, 0.29) is 30.0 Å². The lowest BCUT2D eigenvalue weighted by atomic mass is 10.2. The minimum absolute atomic E-state index is 0. The molecule has 0 saturated carbocycles. The van der Waals surface area contributed by atoms with Gasteiger partial charge in [-0.3, -0.25) is 4.90 Å². The molecule has 10 heteroatoms. The molecular formula is C18H28F3IN4O2. The molecule has 1 fully saturated rings. The number of aliphatic imine (C=N–C) groups is 1. The molecule has 0 radical (unpaired) electrons. The van der Waals surface area contributed by atoms with Crippen LogP contribution in [0.1, 0.15) is 18.9 Å². The fourth-order valence-corrected chi connectivity index (χ4v) is 3.01. The van der Waals surface area contributed by atoms with Crippen LogP contribution in [0.5, 0.6) is 11.5 Å². The number of guanidine groups is 1. The predicted molar refractivity (Wildman–Crippen MR) is 114 cm³/mol. The highest BCUT2D eigenvalue weighted by molar-refractivity contribution is 14.0. The third-order valence-electron chi connectivity index (χ3n) is 4.26. The number of halogens is 4. The minimum atomic E-state index is -4.17. The van der Waals surface area contributed by atoms with Gasteiger partial charge in [-0.05, 0) is 25.5 Å². The Morgan fingerprint density at radius 1 is 1.29 bits per heavy atom. The number of hydrogen-bond donors (Lipinski definition) is 2. The molecular weight excluding hydrogens is 488 g/mol. The first-order valence-corrected chi connectivity index (χ1v) is 8.89. The zero-order chi connectivity index (χ0) is 19.9. The van der Waals surface area contributed by atoms with Crippen molar-refractivity contribution in [1.29, 1.82) is 0 Å². The molecule has 1 aromatic carbocycles. The van der Waals surface area contributed by atoms with Crippen LogP contribution < -0.4 is 20.1 Å². The van der Waals surface area contributed by atoms with Crippen molar-refractivity contribution in [3.63, 3.8) is 0 Å². The molecule has 0 spiro atoms. The molecule has 1 aliphatic rings. The fourth-order valence-electron chi connectivity index (χ4n) is 3.01. The van der Waals surface area contributed by atoms with E-state index >= 15 is 0 Å². The Kier molecular flexibility index (Phi) is 10.1. The summed E-state index contributed by atoms with van der Waals surface area (Å²) in [6.45, 7) is 2.86. The maximum Gasteiger partial charge on any atom is 0.401 e. The first-order valence-electron chi connectivity index (χ1n) is 8.89. The summed E-state index contributed by atoms with van der Waals surface area (Å²) in [5.74, 6) is 1.95. The van der Waals surface area contributed by atoms with Gasteiger partial charge < -0.3 is 20.1 Å². The largest absolute Gasteiger partial charge is 0.497 e. The van der Waals surface area contributed by atoms with Crippen LogP contribution in [0, 0.1) is 0 Å². The summed E-state index contributed by atoms with van der Waals surface area (Å²) in [6.07, 6.45) is -3.52. The average Bonchev–Trinajstić information content (AvgIpc) is 3.04. The van der Waals surface area contributed by atoms with Crippen molar-refractivity contribution in [1.82, 2.24) is 15.5 Å². The Bertz CT molecular complexity index is 644. The lowest BCUT2D eigenvalue weighted by molar-refractivity contribution is -0.143. The molecule has 2 rings (SSSR count). The van der Waals surface area contributed by atoms with Crippen molar-refractivity contribution in [3.8, 4) is 11.5 Å². The number of ether oxygens (including phenoxy) is 2. The quantitative estimate of drug-likeness (QED) is 0.332. The highest BCUT2D eigenvalue weighted by Gasteiger charge is 2.34. The van der Waals surface area contributed by atoms with Gasteiger partial charge in [0.15, 0.2) is 5.96 Å². The molecule has 6 nitrogen and oxygen atoms in total. The van der Waals surface area contributed by atoms with Crippen LogP contribution in [0.3, 0.4) is 0 Å². The molecule has 1 aliphatic heterocycles. The van der Waals surface area contributed by atoms with Gasteiger partial charge in [0.2, 0.25) is 0 Å².